The number of nitrogens with one attached hydrogen (secondary N) is 1. The topological polar surface area (TPSA) is 79.3 Å². The van der Waals surface area contributed by atoms with Crippen molar-refractivity contribution in [3.63, 3.8) is 0 Å². The maximum atomic E-state index is 12.1. The lowest BCUT2D eigenvalue weighted by Gasteiger charge is -2.17. The van der Waals surface area contributed by atoms with E-state index in [2.05, 4.69) is 10.3 Å². The molecule has 1 fully saturated rings. The highest BCUT2D eigenvalue weighted by molar-refractivity contribution is 7.13. The molecule has 1 saturated carbocycles. The van der Waals surface area contributed by atoms with Crippen molar-refractivity contribution in [1.29, 1.82) is 0 Å². The number of carbonyl (C=O) groups excluding carboxylic acids is 1. The zero-order chi connectivity index (χ0) is 16.2. The summed E-state index contributed by atoms with van der Waals surface area (Å²) >= 11 is 1.51. The van der Waals surface area contributed by atoms with Crippen LogP contribution in [0.3, 0.4) is 0 Å². The highest BCUT2D eigenvalue weighted by Gasteiger charge is 2.33. The molecule has 0 unspecified atom stereocenters. The number of amides is 1. The van der Waals surface area contributed by atoms with Crippen LogP contribution in [0.1, 0.15) is 25.0 Å². The predicted molar refractivity (Wildman–Crippen MR) is 88.2 cm³/mol. The number of aliphatic carboxylic acids is 1. The molecule has 5 nitrogen and oxygen atoms in total. The monoisotopic (exact) mass is 330 g/mol. The Balaban J connectivity index is 1.60. The lowest BCUT2D eigenvalue weighted by molar-refractivity contribution is -0.142. The number of carboxylic acid groups (broad SMARTS) is 1. The molecule has 0 radical (unpaired) electrons. The van der Waals surface area contributed by atoms with Crippen molar-refractivity contribution in [3.8, 4) is 10.6 Å². The van der Waals surface area contributed by atoms with Crippen molar-refractivity contribution in [2.45, 2.75) is 31.7 Å². The summed E-state index contributed by atoms with van der Waals surface area (Å²) in [6.07, 6.45) is 2.40. The van der Waals surface area contributed by atoms with Gasteiger partial charge in [-0.15, -0.1) is 11.3 Å². The molecular formula is C17H18N2O3S. The minimum Gasteiger partial charge on any atom is -0.481 e. The molecule has 1 aromatic heterocycles. The Morgan fingerprint density at radius 2 is 2.04 bits per heavy atom. The van der Waals surface area contributed by atoms with E-state index in [-0.39, 0.29) is 18.4 Å². The molecule has 0 saturated heterocycles. The molecule has 1 aliphatic rings. The molecule has 0 spiro atoms. The second-order valence-electron chi connectivity index (χ2n) is 5.74. The third-order valence-electron chi connectivity index (χ3n) is 4.09. The molecule has 1 heterocycles. The maximum Gasteiger partial charge on any atom is 0.308 e. The molecule has 2 N–H and O–H groups in total. The summed E-state index contributed by atoms with van der Waals surface area (Å²) < 4.78 is 0. The Morgan fingerprint density at radius 1 is 1.26 bits per heavy atom. The molecule has 1 aliphatic carbocycles. The van der Waals surface area contributed by atoms with Crippen LogP contribution in [0.15, 0.2) is 35.7 Å². The van der Waals surface area contributed by atoms with Crippen molar-refractivity contribution in [2.75, 3.05) is 0 Å². The molecule has 1 amide bonds. The van der Waals surface area contributed by atoms with Crippen LogP contribution in [-0.4, -0.2) is 28.0 Å². The molecule has 0 bridgehead atoms. The second kappa shape index (κ2) is 6.91. The quantitative estimate of drug-likeness (QED) is 0.883. The Hall–Kier alpha value is -2.21. The highest BCUT2D eigenvalue weighted by Crippen LogP contribution is 2.26. The fourth-order valence-corrected chi connectivity index (χ4v) is 3.78. The first-order valence-electron chi connectivity index (χ1n) is 7.65. The number of thiazole rings is 1. The van der Waals surface area contributed by atoms with Gasteiger partial charge in [-0.05, 0) is 12.8 Å². The Morgan fingerprint density at radius 3 is 2.78 bits per heavy atom. The van der Waals surface area contributed by atoms with E-state index in [9.17, 15) is 9.59 Å². The lowest BCUT2D eigenvalue weighted by atomic mass is 10.0. The van der Waals surface area contributed by atoms with Crippen LogP contribution in [0.5, 0.6) is 0 Å². The first-order chi connectivity index (χ1) is 11.1. The third kappa shape index (κ3) is 3.76. The highest BCUT2D eigenvalue weighted by atomic mass is 32.1. The van der Waals surface area contributed by atoms with E-state index < -0.39 is 11.9 Å². The number of nitrogens with zero attached hydrogens (tertiary/aromatic N) is 1. The van der Waals surface area contributed by atoms with Gasteiger partial charge in [0.25, 0.3) is 0 Å². The van der Waals surface area contributed by atoms with E-state index in [0.717, 1.165) is 29.1 Å². The van der Waals surface area contributed by atoms with Gasteiger partial charge in [0.2, 0.25) is 5.91 Å². The summed E-state index contributed by atoms with van der Waals surface area (Å²) in [4.78, 5) is 27.8. The van der Waals surface area contributed by atoms with E-state index in [1.54, 1.807) is 0 Å². The Bertz CT molecular complexity index is 699. The minimum atomic E-state index is -0.826. The second-order valence-corrected chi connectivity index (χ2v) is 6.59. The number of hydrogen-bond acceptors (Lipinski definition) is 4. The number of benzene rings is 1. The summed E-state index contributed by atoms with van der Waals surface area (Å²) in [5.41, 5.74) is 1.75. The average Bonchev–Trinajstić information content (AvgIpc) is 3.17. The van der Waals surface area contributed by atoms with Gasteiger partial charge in [-0.1, -0.05) is 36.8 Å². The van der Waals surface area contributed by atoms with Gasteiger partial charge in [-0.25, -0.2) is 4.98 Å². The first-order valence-corrected chi connectivity index (χ1v) is 8.53. The zero-order valence-corrected chi connectivity index (χ0v) is 13.4. The van der Waals surface area contributed by atoms with Crippen molar-refractivity contribution in [3.05, 3.63) is 41.4 Å². The van der Waals surface area contributed by atoms with Gasteiger partial charge < -0.3 is 10.4 Å². The van der Waals surface area contributed by atoms with Gasteiger partial charge in [-0.3, -0.25) is 9.59 Å². The van der Waals surface area contributed by atoms with Gasteiger partial charge in [0.05, 0.1) is 18.0 Å². The largest absolute Gasteiger partial charge is 0.481 e. The van der Waals surface area contributed by atoms with Crippen LogP contribution in [0.4, 0.5) is 0 Å². The first kappa shape index (κ1) is 15.7. The van der Waals surface area contributed by atoms with Crippen LogP contribution in [-0.2, 0) is 16.0 Å². The summed E-state index contributed by atoms with van der Waals surface area (Å²) in [5, 5.41) is 14.8. The number of carboxylic acids is 1. The van der Waals surface area contributed by atoms with Crippen molar-refractivity contribution < 1.29 is 14.7 Å². The van der Waals surface area contributed by atoms with Gasteiger partial charge in [0.15, 0.2) is 0 Å². The van der Waals surface area contributed by atoms with Crippen molar-refractivity contribution in [2.24, 2.45) is 5.92 Å². The fraction of sp³-hybridized carbons (Fsp3) is 0.353. The molecule has 23 heavy (non-hydrogen) atoms. The number of carbonyl (C=O) groups is 2. The van der Waals surface area contributed by atoms with E-state index in [0.29, 0.717) is 6.42 Å². The average molecular weight is 330 g/mol. The molecule has 0 aliphatic heterocycles. The lowest BCUT2D eigenvalue weighted by Crippen LogP contribution is -2.40. The van der Waals surface area contributed by atoms with Gasteiger partial charge in [0, 0.05) is 17.0 Å². The molecule has 3 rings (SSSR count). The number of hydrogen-bond donors (Lipinski definition) is 2. The van der Waals surface area contributed by atoms with Crippen molar-refractivity contribution >= 4 is 23.2 Å². The summed E-state index contributed by atoms with van der Waals surface area (Å²) in [7, 11) is 0. The SMILES string of the molecule is O=C(Cc1csc(-c2ccccc2)n1)N[C@H]1CCC[C@H]1C(=O)O. The third-order valence-corrected chi connectivity index (χ3v) is 5.03. The van der Waals surface area contributed by atoms with Crippen LogP contribution in [0.25, 0.3) is 10.6 Å². The molecule has 2 atom stereocenters. The normalized spacial score (nSPS) is 20.3. The van der Waals surface area contributed by atoms with Gasteiger partial charge in [0.1, 0.15) is 5.01 Å². The maximum absolute atomic E-state index is 12.1. The Labute approximate surface area is 138 Å². The van der Waals surface area contributed by atoms with Crippen LogP contribution < -0.4 is 5.32 Å². The van der Waals surface area contributed by atoms with Gasteiger partial charge >= 0.3 is 5.97 Å². The number of aromatic nitrogens is 1. The molecule has 120 valence electrons. The van der Waals surface area contributed by atoms with E-state index in [1.165, 1.54) is 11.3 Å². The molecule has 6 heteroatoms. The van der Waals surface area contributed by atoms with Gasteiger partial charge in [-0.2, -0.15) is 0 Å². The van der Waals surface area contributed by atoms with E-state index in [1.807, 2.05) is 35.7 Å². The molecular weight excluding hydrogens is 312 g/mol. The molecule has 1 aromatic carbocycles. The minimum absolute atomic E-state index is 0.159. The number of rotatable bonds is 5. The summed E-state index contributed by atoms with van der Waals surface area (Å²) in [5.74, 6) is -1.45. The van der Waals surface area contributed by atoms with Crippen LogP contribution in [0, 0.1) is 5.92 Å². The van der Waals surface area contributed by atoms with Crippen molar-refractivity contribution in [1.82, 2.24) is 10.3 Å². The summed E-state index contributed by atoms with van der Waals surface area (Å²) in [6, 6.07) is 9.57. The summed E-state index contributed by atoms with van der Waals surface area (Å²) in [6.45, 7) is 0. The van der Waals surface area contributed by atoms with E-state index >= 15 is 0 Å². The Kier molecular flexibility index (Phi) is 4.71. The fourth-order valence-electron chi connectivity index (χ4n) is 2.95. The molecule has 2 aromatic rings. The zero-order valence-electron chi connectivity index (χ0n) is 12.6. The smallest absolute Gasteiger partial charge is 0.308 e. The van der Waals surface area contributed by atoms with Crippen LogP contribution in [0.2, 0.25) is 0 Å². The standard InChI is InChI=1S/C17H18N2O3S/c20-15(19-14-8-4-7-13(14)17(21)22)9-12-10-23-16(18-12)11-5-2-1-3-6-11/h1-3,5-6,10,13-14H,4,7-9H2,(H,19,20)(H,21,22)/t13-,14+/m1/s1. The van der Waals surface area contributed by atoms with Crippen LogP contribution >= 0.6 is 11.3 Å². The predicted octanol–water partition coefficient (Wildman–Crippen LogP) is 2.72. The van der Waals surface area contributed by atoms with E-state index in [4.69, 9.17) is 5.11 Å².